The molecule has 0 aliphatic rings. The molecule has 8 aromatic rings. The number of fused-ring (bicyclic) bond motifs is 2. The van der Waals surface area contributed by atoms with Crippen molar-refractivity contribution in [1.82, 2.24) is 39.0 Å². The van der Waals surface area contributed by atoms with E-state index in [0.29, 0.717) is 92.7 Å². The van der Waals surface area contributed by atoms with Gasteiger partial charge in [-0.05, 0) is 72.8 Å². The van der Waals surface area contributed by atoms with Crippen molar-refractivity contribution in [2.75, 3.05) is 34.2 Å². The number of nitrogen functional groups attached to an aromatic ring is 1. The first kappa shape index (κ1) is 44.3. The molecule has 0 aliphatic carbocycles. The number of nitro groups is 2. The zero-order valence-corrected chi connectivity index (χ0v) is 36.4. The Kier molecular flexibility index (Phi) is 13.8. The van der Waals surface area contributed by atoms with Gasteiger partial charge in [-0.1, -0.05) is 36.4 Å². The van der Waals surface area contributed by atoms with Gasteiger partial charge in [0.1, 0.15) is 34.8 Å². The molecule has 0 saturated heterocycles. The Balaban J connectivity index is 0.000000191. The van der Waals surface area contributed by atoms with Crippen molar-refractivity contribution in [3.8, 4) is 23.0 Å². The first-order chi connectivity index (χ1) is 31.0. The van der Waals surface area contributed by atoms with Crippen molar-refractivity contribution in [2.45, 2.75) is 46.0 Å². The van der Waals surface area contributed by atoms with Gasteiger partial charge in [0, 0.05) is 36.3 Å². The Morgan fingerprint density at radius 2 is 1.30 bits per heavy atom. The molecule has 4 heterocycles. The van der Waals surface area contributed by atoms with Gasteiger partial charge >= 0.3 is 0 Å². The van der Waals surface area contributed by atoms with Crippen LogP contribution < -0.4 is 30.2 Å². The largest absolute Gasteiger partial charge is 0.497 e. The average Bonchev–Trinajstić information content (AvgIpc) is 3.90. The zero-order valence-electron chi connectivity index (χ0n) is 34.8. The van der Waals surface area contributed by atoms with Crippen molar-refractivity contribution in [2.24, 2.45) is 0 Å². The molecule has 4 aromatic carbocycles. The van der Waals surface area contributed by atoms with Gasteiger partial charge in [-0.2, -0.15) is 0 Å². The second-order valence-electron chi connectivity index (χ2n) is 13.5. The number of nitro benzene ring substituents is 2. The quantitative estimate of drug-likeness (QED) is 0.0635. The van der Waals surface area contributed by atoms with E-state index in [1.165, 1.54) is 48.3 Å². The van der Waals surface area contributed by atoms with Crippen LogP contribution in [0.4, 0.5) is 17.2 Å². The molecule has 0 atom stereocenters. The average molecular weight is 905 g/mol. The van der Waals surface area contributed by atoms with Crippen LogP contribution in [0.3, 0.4) is 0 Å². The molecule has 4 N–H and O–H groups in total. The summed E-state index contributed by atoms with van der Waals surface area (Å²) >= 11 is 2.71. The van der Waals surface area contributed by atoms with Gasteiger partial charge in [-0.3, -0.25) is 25.6 Å². The lowest BCUT2D eigenvalue weighted by atomic mass is 10.1. The molecule has 20 nitrogen and oxygen atoms in total. The number of nitrogens with one attached hydrogen (secondary N) is 2. The molecule has 4 aromatic heterocycles. The van der Waals surface area contributed by atoms with E-state index in [-0.39, 0.29) is 32.5 Å². The molecule has 8 rings (SSSR count). The number of aryl methyl sites for hydroxylation is 4. The number of H-pyrrole nitrogens is 1. The summed E-state index contributed by atoms with van der Waals surface area (Å²) in [6, 6.07) is 24.3. The third-order valence-corrected chi connectivity index (χ3v) is 11.7. The van der Waals surface area contributed by atoms with Gasteiger partial charge in [0.25, 0.3) is 11.4 Å². The normalized spacial score (nSPS) is 10.9. The molecule has 0 radical (unpaired) electrons. The number of aromatic nitrogens is 8. The standard InChI is InChI=1S/2C21H20N6O4S/c1-30-14-7-8-16(31-2)17(11-14)32-21-24-18-19(22)23-12-26(20(18)25-21)10-9-13-5-3-4-6-15(13)27(28)29;1-30-14-7-8-16(31-2)17(11-14)32-21-25-18-19(22)23-12-24-20(18)26(21)10-9-13-5-3-4-6-15(13)27(28)29/h3-8,11-12,22H,9-10H2,1-2H3,(H,24,25);3-8,11-12H,9-10H2,1-2H3,(H2,22,23,24). The van der Waals surface area contributed by atoms with Gasteiger partial charge in [-0.15, -0.1) is 0 Å². The predicted octanol–water partition coefficient (Wildman–Crippen LogP) is 7.29. The van der Waals surface area contributed by atoms with Crippen molar-refractivity contribution >= 4 is 63.0 Å². The van der Waals surface area contributed by atoms with Crippen LogP contribution in [-0.2, 0) is 25.9 Å². The van der Waals surface area contributed by atoms with E-state index in [1.807, 2.05) is 41.0 Å². The Morgan fingerprint density at radius 3 is 1.88 bits per heavy atom. The number of benzene rings is 4. The molecule has 22 heteroatoms. The first-order valence-electron chi connectivity index (χ1n) is 19.2. The Labute approximate surface area is 372 Å². The summed E-state index contributed by atoms with van der Waals surface area (Å²) in [6.45, 7) is 0.832. The van der Waals surface area contributed by atoms with Gasteiger partial charge < -0.3 is 38.8 Å². The minimum Gasteiger partial charge on any atom is -0.497 e. The van der Waals surface area contributed by atoms with Gasteiger partial charge in [0.15, 0.2) is 38.4 Å². The summed E-state index contributed by atoms with van der Waals surface area (Å²) in [5.74, 6) is 2.96. The molecule has 0 spiro atoms. The smallest absolute Gasteiger partial charge is 0.272 e. The number of ether oxygens (including phenoxy) is 4. The maximum absolute atomic E-state index is 11.4. The topological polar surface area (TPSA) is 263 Å². The van der Waals surface area contributed by atoms with E-state index < -0.39 is 0 Å². The third kappa shape index (κ3) is 9.82. The summed E-state index contributed by atoms with van der Waals surface area (Å²) in [5.41, 5.74) is 9.57. The summed E-state index contributed by atoms with van der Waals surface area (Å²) < 4.78 is 25.2. The fourth-order valence-corrected chi connectivity index (χ4v) is 8.56. The SMILES string of the molecule is COc1ccc(OC)c(Sc2nc3c(N)ncnc3n2CCc2ccccc2[N+](=O)[O-])c1.COc1ccc(OC)c(Sc2nc3c([nH]2)c(=N)ncn3CCc2ccccc2[N+](=O)[O-])c1. The monoisotopic (exact) mass is 904 g/mol. The van der Waals surface area contributed by atoms with Gasteiger partial charge in [0.2, 0.25) is 0 Å². The number of anilines is 1. The van der Waals surface area contributed by atoms with Crippen molar-refractivity contribution in [3.63, 3.8) is 0 Å². The highest BCUT2D eigenvalue weighted by atomic mass is 32.2. The summed E-state index contributed by atoms with van der Waals surface area (Å²) in [4.78, 5) is 48.5. The highest BCUT2D eigenvalue weighted by Crippen LogP contribution is 2.39. The third-order valence-electron chi connectivity index (χ3n) is 9.78. The number of nitrogens with two attached hydrogens (primary N) is 1. The number of aromatic amines is 1. The lowest BCUT2D eigenvalue weighted by Crippen LogP contribution is -2.14. The minimum atomic E-state index is -0.383. The molecule has 328 valence electrons. The number of rotatable bonds is 16. The molecule has 0 amide bonds. The van der Waals surface area contributed by atoms with Crippen LogP contribution >= 0.6 is 23.5 Å². The van der Waals surface area contributed by atoms with Crippen molar-refractivity contribution in [1.29, 1.82) is 5.41 Å². The Bertz CT molecular complexity index is 3050. The van der Waals surface area contributed by atoms with Gasteiger partial charge in [0.05, 0.1) is 54.4 Å². The minimum absolute atomic E-state index is 0.0684. The van der Waals surface area contributed by atoms with Crippen LogP contribution in [0.1, 0.15) is 11.1 Å². The fraction of sp³-hybridized carbons (Fsp3) is 0.190. The Hall–Kier alpha value is -7.72. The highest BCUT2D eigenvalue weighted by molar-refractivity contribution is 7.99. The predicted molar refractivity (Wildman–Crippen MR) is 238 cm³/mol. The molecular weight excluding hydrogens is 865 g/mol. The van der Waals surface area contributed by atoms with E-state index >= 15 is 0 Å². The number of nitrogens with zero attached hydrogens (tertiary/aromatic N) is 9. The van der Waals surface area contributed by atoms with Crippen LogP contribution in [0.5, 0.6) is 23.0 Å². The molecule has 64 heavy (non-hydrogen) atoms. The lowest BCUT2D eigenvalue weighted by molar-refractivity contribution is -0.385. The molecule has 0 saturated carbocycles. The van der Waals surface area contributed by atoms with Crippen LogP contribution in [0.25, 0.3) is 22.3 Å². The second-order valence-corrected chi connectivity index (χ2v) is 15.6. The van der Waals surface area contributed by atoms with Crippen LogP contribution in [0, 0.1) is 25.6 Å². The maximum atomic E-state index is 11.4. The molecule has 0 unspecified atom stereocenters. The maximum Gasteiger partial charge on any atom is 0.272 e. The van der Waals surface area contributed by atoms with E-state index in [2.05, 4.69) is 29.9 Å². The summed E-state index contributed by atoms with van der Waals surface area (Å²) in [6.07, 6.45) is 3.74. The van der Waals surface area contributed by atoms with Gasteiger partial charge in [-0.25, -0.2) is 24.9 Å². The summed E-state index contributed by atoms with van der Waals surface area (Å²) in [7, 11) is 6.37. The van der Waals surface area contributed by atoms with Crippen molar-refractivity contribution in [3.05, 3.63) is 134 Å². The zero-order chi connectivity index (χ0) is 45.3. The van der Waals surface area contributed by atoms with Crippen LogP contribution in [0.2, 0.25) is 0 Å². The van der Waals surface area contributed by atoms with Crippen molar-refractivity contribution < 1.29 is 28.8 Å². The van der Waals surface area contributed by atoms with E-state index in [9.17, 15) is 20.2 Å². The number of hydrogen-bond donors (Lipinski definition) is 3. The molecular formula is C42H40N12O8S2. The number of imidazole rings is 2. The first-order valence-corrected chi connectivity index (χ1v) is 20.9. The second kappa shape index (κ2) is 20.0. The number of para-hydroxylation sites is 2. The van der Waals surface area contributed by atoms with E-state index in [1.54, 1.807) is 69.4 Å². The molecule has 0 bridgehead atoms. The number of hydrogen-bond acceptors (Lipinski definition) is 17. The van der Waals surface area contributed by atoms with E-state index in [4.69, 9.17) is 30.1 Å². The molecule has 0 aliphatic heterocycles. The number of methoxy groups -OCH3 is 4. The molecule has 0 fully saturated rings. The van der Waals surface area contributed by atoms with E-state index in [0.717, 1.165) is 9.79 Å². The van der Waals surface area contributed by atoms with Crippen LogP contribution in [0.15, 0.2) is 118 Å². The van der Waals surface area contributed by atoms with Crippen LogP contribution in [-0.4, -0.2) is 77.3 Å². The lowest BCUT2D eigenvalue weighted by Gasteiger charge is -2.12. The summed E-state index contributed by atoms with van der Waals surface area (Å²) in [5, 5.41) is 32.0. The highest BCUT2D eigenvalue weighted by Gasteiger charge is 2.21. The fourth-order valence-electron chi connectivity index (χ4n) is 6.59. The Morgan fingerprint density at radius 1 is 0.719 bits per heavy atom.